The normalized spacial score (nSPS) is 12.6. The number of aryl methyl sites for hydroxylation is 1. The largest absolute Gasteiger partial charge is 0.494 e. The van der Waals surface area contributed by atoms with Gasteiger partial charge in [-0.2, -0.15) is 0 Å². The minimum absolute atomic E-state index is 0. The molecule has 2 saturated carbocycles. The van der Waals surface area contributed by atoms with Gasteiger partial charge in [-0.15, -0.1) is 0 Å². The first-order valence-electron chi connectivity index (χ1n) is 27.8. The zero-order chi connectivity index (χ0) is 53.7. The summed E-state index contributed by atoms with van der Waals surface area (Å²) in [5.74, 6) is 1.41. The molecule has 2 aliphatic carbocycles. The summed E-state index contributed by atoms with van der Waals surface area (Å²) in [5.41, 5.74) is 6.73. The molecular weight excluding hydrogens is 997 g/mol. The second kappa shape index (κ2) is 39.5. The Hall–Kier alpha value is -5.90. The van der Waals surface area contributed by atoms with Crippen molar-refractivity contribution in [1.29, 1.82) is 0 Å². The van der Waals surface area contributed by atoms with E-state index in [1.165, 1.54) is 43.7 Å². The molecule has 2 aliphatic rings. The molecule has 0 amide bonds. The van der Waals surface area contributed by atoms with Gasteiger partial charge in [-0.3, -0.25) is 4.79 Å². The van der Waals surface area contributed by atoms with Crippen LogP contribution in [0.3, 0.4) is 0 Å². The van der Waals surface area contributed by atoms with E-state index in [0.717, 1.165) is 149 Å². The third kappa shape index (κ3) is 27.8. The van der Waals surface area contributed by atoms with Gasteiger partial charge in [0.05, 0.1) is 39.0 Å². The number of hydrogen-bond donors (Lipinski definition) is 0. The van der Waals surface area contributed by atoms with E-state index in [1.54, 1.807) is 13.8 Å². The van der Waals surface area contributed by atoms with Crippen LogP contribution in [0, 0.1) is 5.92 Å². The molecule has 0 atom stereocenters. The van der Waals surface area contributed by atoms with Crippen LogP contribution in [0.2, 0.25) is 0 Å². The molecule has 4 aromatic rings. The summed E-state index contributed by atoms with van der Waals surface area (Å²) < 4.78 is 32.4. The molecule has 0 saturated heterocycles. The summed E-state index contributed by atoms with van der Waals surface area (Å²) in [4.78, 5) is 45.6. The molecule has 414 valence electrons. The van der Waals surface area contributed by atoms with Crippen molar-refractivity contribution in [2.24, 2.45) is 5.92 Å². The fraction of sp³-hybridized carbons (Fsp3) is 0.477. The Labute approximate surface area is 465 Å². The van der Waals surface area contributed by atoms with Crippen molar-refractivity contribution in [3.63, 3.8) is 0 Å². The number of unbranched alkanes of at least 4 members (excludes halogenated alkanes) is 10. The second-order valence-corrected chi connectivity index (χ2v) is 19.7. The first kappa shape index (κ1) is 64.4. The van der Waals surface area contributed by atoms with Crippen molar-refractivity contribution < 1.29 is 64.7 Å². The molecule has 0 radical (unpaired) electrons. The van der Waals surface area contributed by atoms with Gasteiger partial charge in [-0.25, -0.2) is 14.4 Å². The monoisotopic (exact) mass is 1080 g/mol. The molecule has 6 rings (SSSR count). The maximum Gasteiger partial charge on any atom is 0.333 e. The molecule has 0 aliphatic heterocycles. The summed E-state index contributed by atoms with van der Waals surface area (Å²) in [7, 11) is 0. The number of ether oxygens (including phenoxy) is 6. The van der Waals surface area contributed by atoms with E-state index in [9.17, 15) is 19.2 Å². The molecule has 0 unspecified atom stereocenters. The van der Waals surface area contributed by atoms with Crippen LogP contribution >= 0.6 is 0 Å². The molecule has 0 spiro atoms. The third-order valence-electron chi connectivity index (χ3n) is 13.1. The van der Waals surface area contributed by atoms with Crippen LogP contribution in [-0.2, 0) is 56.9 Å². The summed E-state index contributed by atoms with van der Waals surface area (Å²) >= 11 is 0. The van der Waals surface area contributed by atoms with E-state index in [2.05, 4.69) is 68.3 Å². The van der Waals surface area contributed by atoms with Crippen molar-refractivity contribution in [3.05, 3.63) is 140 Å². The van der Waals surface area contributed by atoms with Crippen LogP contribution in [0.5, 0.6) is 17.2 Å². The van der Waals surface area contributed by atoms with Crippen LogP contribution < -0.4 is 14.2 Å². The Morgan fingerprint density at radius 3 is 1.20 bits per heavy atom. The van der Waals surface area contributed by atoms with Gasteiger partial charge in [-0.1, -0.05) is 164 Å². The van der Waals surface area contributed by atoms with Crippen LogP contribution in [-0.4, -0.2) is 56.9 Å². The van der Waals surface area contributed by atoms with Crippen LogP contribution in [0.1, 0.15) is 161 Å². The van der Waals surface area contributed by atoms with Crippen molar-refractivity contribution in [2.45, 2.75) is 162 Å². The maximum absolute atomic E-state index is 12.0. The zero-order valence-electron chi connectivity index (χ0n) is 45.7. The number of benzene rings is 4. The third-order valence-corrected chi connectivity index (χ3v) is 13.1. The quantitative estimate of drug-likeness (QED) is 0.0120. The van der Waals surface area contributed by atoms with E-state index < -0.39 is 0 Å². The fourth-order valence-corrected chi connectivity index (χ4v) is 8.58. The SMILES string of the molecule is C1CCCC1.C=C(C)C(=O)OCCCCCCCOc1ccc(-c2ccc(-c3ccc(OCCCCCOC(=O)C(=C)C)cc3)cc2)cc1.C=CC(=O)OCCCCCCCc1ccc(OC(=O)C2CCCC2)cc1.[Fe]. The summed E-state index contributed by atoms with van der Waals surface area (Å²) in [6, 6.07) is 32.9. The van der Waals surface area contributed by atoms with Crippen molar-refractivity contribution in [1.82, 2.24) is 0 Å². The second-order valence-electron chi connectivity index (χ2n) is 19.7. The molecule has 0 bridgehead atoms. The number of hydrogen-bond acceptors (Lipinski definition) is 10. The van der Waals surface area contributed by atoms with E-state index in [4.69, 9.17) is 28.4 Å². The molecule has 2 fully saturated rings. The standard InChI is InChI=1S/C38H46O6.C22H30O4.C5H10.Fe/c1-29(2)37(39)43-27-10-7-5-6-9-25-41-35-21-17-33(18-22-35)31-13-15-32(16-14-31)34-19-23-36(24-20-34)42-26-11-8-12-28-44-38(40)30(3)4;1-2-21(23)25-17-9-5-3-4-6-10-18-13-15-20(16-14-18)26-22(24)19-11-7-8-12-19;1-2-4-5-3-1;/h13-24H,1,3,5-12,25-28H2,2,4H3;2,13-16,19H,1,3-12,17H2;1-5H2;. The van der Waals surface area contributed by atoms with Crippen LogP contribution in [0.15, 0.2) is 134 Å². The average molecular weight is 1080 g/mol. The topological polar surface area (TPSA) is 124 Å². The fourth-order valence-electron chi connectivity index (χ4n) is 8.58. The van der Waals surface area contributed by atoms with Gasteiger partial charge in [-0.05, 0) is 142 Å². The molecule has 11 heteroatoms. The van der Waals surface area contributed by atoms with E-state index in [0.29, 0.717) is 49.9 Å². The van der Waals surface area contributed by atoms with Crippen molar-refractivity contribution in [3.8, 4) is 39.5 Å². The van der Waals surface area contributed by atoms with Gasteiger partial charge in [0.25, 0.3) is 0 Å². The van der Waals surface area contributed by atoms with Gasteiger partial charge in [0, 0.05) is 34.3 Å². The number of carbonyl (C=O) groups is 4. The molecule has 4 aromatic carbocycles. The molecule has 10 nitrogen and oxygen atoms in total. The van der Waals surface area contributed by atoms with Crippen LogP contribution in [0.4, 0.5) is 0 Å². The smallest absolute Gasteiger partial charge is 0.333 e. The summed E-state index contributed by atoms with van der Waals surface area (Å²) in [5, 5.41) is 0. The van der Waals surface area contributed by atoms with Crippen molar-refractivity contribution in [2.75, 3.05) is 33.0 Å². The zero-order valence-corrected chi connectivity index (χ0v) is 46.9. The van der Waals surface area contributed by atoms with Gasteiger partial charge in [0.1, 0.15) is 17.2 Å². The first-order valence-corrected chi connectivity index (χ1v) is 27.8. The maximum atomic E-state index is 12.0. The van der Waals surface area contributed by atoms with Gasteiger partial charge >= 0.3 is 23.9 Å². The predicted molar refractivity (Wildman–Crippen MR) is 302 cm³/mol. The van der Waals surface area contributed by atoms with Gasteiger partial charge in [0.15, 0.2) is 0 Å². The number of rotatable bonds is 31. The minimum Gasteiger partial charge on any atom is -0.494 e. The van der Waals surface area contributed by atoms with Gasteiger partial charge in [0.2, 0.25) is 0 Å². The summed E-state index contributed by atoms with van der Waals surface area (Å²) in [6.07, 6.45) is 27.1. The number of esters is 4. The Morgan fingerprint density at radius 2 is 0.789 bits per heavy atom. The van der Waals surface area contributed by atoms with Crippen molar-refractivity contribution >= 4 is 23.9 Å². The molecule has 76 heavy (non-hydrogen) atoms. The van der Waals surface area contributed by atoms with Crippen LogP contribution in [0.25, 0.3) is 22.3 Å². The van der Waals surface area contributed by atoms with E-state index >= 15 is 0 Å². The van der Waals surface area contributed by atoms with E-state index in [-0.39, 0.29) is 46.9 Å². The Balaban J connectivity index is 0.000000399. The predicted octanol–water partition coefficient (Wildman–Crippen LogP) is 16.1. The summed E-state index contributed by atoms with van der Waals surface area (Å²) in [6.45, 7) is 16.5. The van der Waals surface area contributed by atoms with E-state index in [1.807, 2.05) is 48.5 Å². The molecule has 0 heterocycles. The average Bonchev–Trinajstić information content (AvgIpc) is 4.22. The molecular formula is C65H86FeO10. The first-order chi connectivity index (χ1) is 36.5. The molecule has 0 aromatic heterocycles. The molecule has 0 N–H and O–H groups in total. The van der Waals surface area contributed by atoms with Gasteiger partial charge < -0.3 is 28.4 Å². The Kier molecular flexibility index (Phi) is 33.4. The minimum atomic E-state index is -0.345. The Bertz CT molecular complexity index is 2270. The Morgan fingerprint density at radius 1 is 0.447 bits per heavy atom. The number of carbonyl (C=O) groups excluding carboxylic acids is 4.